The first kappa shape index (κ1) is 12.7. The van der Waals surface area contributed by atoms with Crippen LogP contribution in [-0.2, 0) is 15.5 Å². The molecule has 0 saturated carbocycles. The van der Waals surface area contributed by atoms with Gasteiger partial charge in [-0.15, -0.1) is 0 Å². The van der Waals surface area contributed by atoms with Gasteiger partial charge in [0.25, 0.3) is 0 Å². The predicted octanol–water partition coefficient (Wildman–Crippen LogP) is 1.96. The maximum Gasteiger partial charge on any atom is 0.302 e. The van der Waals surface area contributed by atoms with Gasteiger partial charge < -0.3 is 0 Å². The lowest BCUT2D eigenvalue weighted by atomic mass is 10.2. The van der Waals surface area contributed by atoms with Gasteiger partial charge in [-0.2, -0.15) is 4.21 Å². The molecular weight excluding hydrogens is 152 g/mol. The highest BCUT2D eigenvalue weighted by atomic mass is 32.2. The van der Waals surface area contributed by atoms with Crippen LogP contribution in [0.2, 0.25) is 0 Å². The van der Waals surface area contributed by atoms with Gasteiger partial charge in [-0.25, -0.2) is 0 Å². The molecule has 0 radical (unpaired) electrons. The SMILES string of the molecule is CC.CC(C)(C)OS(=O)O. The Morgan fingerprint density at radius 2 is 1.60 bits per heavy atom. The predicted molar refractivity (Wildman–Crippen MR) is 43.0 cm³/mol. The van der Waals surface area contributed by atoms with E-state index in [1.54, 1.807) is 20.8 Å². The first-order valence-corrected chi connectivity index (χ1v) is 4.25. The third kappa shape index (κ3) is 15.7. The molecule has 0 fully saturated rings. The van der Waals surface area contributed by atoms with E-state index in [0.29, 0.717) is 0 Å². The maximum atomic E-state index is 9.90. The Kier molecular flexibility index (Phi) is 7.41. The monoisotopic (exact) mass is 168 g/mol. The molecule has 0 rings (SSSR count). The molecular formula is C6H16O3S. The average molecular weight is 168 g/mol. The van der Waals surface area contributed by atoms with Gasteiger partial charge in [0.05, 0.1) is 5.60 Å². The van der Waals surface area contributed by atoms with E-state index < -0.39 is 17.0 Å². The Bertz CT molecular complexity index is 95.7. The zero-order chi connectivity index (χ0) is 8.78. The minimum Gasteiger partial charge on any atom is -0.284 e. The fourth-order valence-corrected chi connectivity index (χ4v) is 0.642. The average Bonchev–Trinajstić information content (AvgIpc) is 1.64. The largest absolute Gasteiger partial charge is 0.302 e. The molecule has 0 aromatic heterocycles. The number of rotatable bonds is 1. The van der Waals surface area contributed by atoms with Crippen LogP contribution in [0.5, 0.6) is 0 Å². The van der Waals surface area contributed by atoms with Crippen LogP contribution in [0.1, 0.15) is 34.6 Å². The van der Waals surface area contributed by atoms with Crippen LogP contribution in [0.4, 0.5) is 0 Å². The standard InChI is InChI=1S/C4H10O3S.C2H6/c1-4(2,3)7-8(5)6;1-2/h1-3H3,(H,5,6);1-2H3. The van der Waals surface area contributed by atoms with Crippen LogP contribution in [0.15, 0.2) is 0 Å². The fourth-order valence-electron chi connectivity index (χ4n) is 0.214. The maximum absolute atomic E-state index is 9.90. The lowest BCUT2D eigenvalue weighted by molar-refractivity contribution is 0.136. The zero-order valence-corrected chi connectivity index (χ0v) is 7.99. The molecule has 1 N–H and O–H groups in total. The zero-order valence-electron chi connectivity index (χ0n) is 7.17. The molecule has 10 heavy (non-hydrogen) atoms. The molecule has 0 aliphatic carbocycles. The van der Waals surface area contributed by atoms with Crippen LogP contribution in [0, 0.1) is 0 Å². The molecule has 0 bridgehead atoms. The molecule has 0 aliphatic heterocycles. The van der Waals surface area contributed by atoms with Crippen molar-refractivity contribution in [2.24, 2.45) is 0 Å². The van der Waals surface area contributed by atoms with Crippen molar-refractivity contribution in [3.8, 4) is 0 Å². The van der Waals surface area contributed by atoms with Crippen molar-refractivity contribution in [2.45, 2.75) is 40.2 Å². The summed E-state index contributed by atoms with van der Waals surface area (Å²) in [6.07, 6.45) is 0. The van der Waals surface area contributed by atoms with Gasteiger partial charge in [0.2, 0.25) is 0 Å². The third-order valence-corrected chi connectivity index (χ3v) is 0.964. The van der Waals surface area contributed by atoms with Crippen LogP contribution >= 0.6 is 0 Å². The van der Waals surface area contributed by atoms with E-state index in [2.05, 4.69) is 4.18 Å². The van der Waals surface area contributed by atoms with Gasteiger partial charge >= 0.3 is 11.4 Å². The molecule has 0 heterocycles. The molecule has 1 atom stereocenters. The summed E-state index contributed by atoms with van der Waals surface area (Å²) >= 11 is -2.14. The summed E-state index contributed by atoms with van der Waals surface area (Å²) in [5.41, 5.74) is -0.528. The van der Waals surface area contributed by atoms with E-state index in [1.165, 1.54) is 0 Å². The second-order valence-electron chi connectivity index (χ2n) is 2.41. The molecule has 64 valence electrons. The summed E-state index contributed by atoms with van der Waals surface area (Å²) in [7, 11) is 0. The minimum absolute atomic E-state index is 0.528. The Morgan fingerprint density at radius 1 is 1.30 bits per heavy atom. The normalized spacial score (nSPS) is 13.4. The molecule has 0 spiro atoms. The summed E-state index contributed by atoms with van der Waals surface area (Å²) in [4.78, 5) is 0. The Hall–Kier alpha value is 0.0700. The van der Waals surface area contributed by atoms with Gasteiger partial charge in [-0.1, -0.05) is 13.8 Å². The van der Waals surface area contributed by atoms with Crippen molar-refractivity contribution in [3.63, 3.8) is 0 Å². The van der Waals surface area contributed by atoms with Crippen molar-refractivity contribution in [1.82, 2.24) is 0 Å². The van der Waals surface area contributed by atoms with Gasteiger partial charge in [0.1, 0.15) is 0 Å². The van der Waals surface area contributed by atoms with Gasteiger partial charge in [0.15, 0.2) is 0 Å². The number of hydrogen-bond donors (Lipinski definition) is 1. The molecule has 4 heteroatoms. The summed E-state index contributed by atoms with van der Waals surface area (Å²) in [6, 6.07) is 0. The minimum atomic E-state index is -2.14. The van der Waals surface area contributed by atoms with Crippen LogP contribution < -0.4 is 0 Å². The smallest absolute Gasteiger partial charge is 0.284 e. The van der Waals surface area contributed by atoms with Gasteiger partial charge in [0, 0.05) is 0 Å². The van der Waals surface area contributed by atoms with Gasteiger partial charge in [-0.05, 0) is 20.8 Å². The van der Waals surface area contributed by atoms with E-state index in [9.17, 15) is 4.21 Å². The molecule has 1 unspecified atom stereocenters. The summed E-state index contributed by atoms with van der Waals surface area (Å²) < 4.78 is 22.5. The van der Waals surface area contributed by atoms with E-state index >= 15 is 0 Å². The van der Waals surface area contributed by atoms with Crippen molar-refractivity contribution >= 4 is 11.4 Å². The first-order valence-electron chi connectivity index (χ1n) is 3.22. The van der Waals surface area contributed by atoms with E-state index in [-0.39, 0.29) is 0 Å². The van der Waals surface area contributed by atoms with Crippen molar-refractivity contribution < 1.29 is 12.9 Å². The topological polar surface area (TPSA) is 46.5 Å². The molecule has 3 nitrogen and oxygen atoms in total. The van der Waals surface area contributed by atoms with E-state index in [1.807, 2.05) is 13.8 Å². The highest BCUT2D eigenvalue weighted by molar-refractivity contribution is 7.74. The Morgan fingerprint density at radius 3 is 1.60 bits per heavy atom. The van der Waals surface area contributed by atoms with Crippen molar-refractivity contribution in [1.29, 1.82) is 0 Å². The highest BCUT2D eigenvalue weighted by Gasteiger charge is 2.12. The van der Waals surface area contributed by atoms with Crippen molar-refractivity contribution in [3.05, 3.63) is 0 Å². The fraction of sp³-hybridized carbons (Fsp3) is 1.00. The lowest BCUT2D eigenvalue weighted by Crippen LogP contribution is -2.19. The summed E-state index contributed by atoms with van der Waals surface area (Å²) in [6.45, 7) is 9.13. The van der Waals surface area contributed by atoms with Crippen LogP contribution in [0.3, 0.4) is 0 Å². The Labute approximate surface area is 65.3 Å². The quantitative estimate of drug-likeness (QED) is 0.609. The highest BCUT2D eigenvalue weighted by Crippen LogP contribution is 2.06. The van der Waals surface area contributed by atoms with E-state index in [4.69, 9.17) is 4.55 Å². The van der Waals surface area contributed by atoms with E-state index in [0.717, 1.165) is 0 Å². The summed E-state index contributed by atoms with van der Waals surface area (Å²) in [5, 5.41) is 0. The van der Waals surface area contributed by atoms with Crippen LogP contribution in [0.25, 0.3) is 0 Å². The molecule has 0 saturated heterocycles. The molecule has 0 aromatic rings. The summed E-state index contributed by atoms with van der Waals surface area (Å²) in [5.74, 6) is 0. The van der Waals surface area contributed by atoms with Crippen molar-refractivity contribution in [2.75, 3.05) is 0 Å². The number of hydrogen-bond acceptors (Lipinski definition) is 2. The second-order valence-corrected chi connectivity index (χ2v) is 3.01. The van der Waals surface area contributed by atoms with Gasteiger partial charge in [-0.3, -0.25) is 8.74 Å². The lowest BCUT2D eigenvalue weighted by Gasteiger charge is -2.14. The van der Waals surface area contributed by atoms with Crippen LogP contribution in [-0.4, -0.2) is 14.4 Å². The first-order chi connectivity index (χ1) is 4.42. The Balaban J connectivity index is 0. The molecule has 0 amide bonds. The third-order valence-electron chi connectivity index (χ3n) is 0.321. The molecule has 0 aromatic carbocycles. The second kappa shape index (κ2) is 5.82. The molecule has 0 aliphatic rings.